The summed E-state index contributed by atoms with van der Waals surface area (Å²) in [6, 6.07) is 0. The summed E-state index contributed by atoms with van der Waals surface area (Å²) in [7, 11) is 0. The SMILES string of the molecule is CC(=O)OC[C@@H]1[C@](O)(COC(C)=O)CC[C@H]2[C@@]3(C)CCCC(C)(C)[C@H]3CC[C@]21C. The van der Waals surface area contributed by atoms with Gasteiger partial charge in [0.15, 0.2) is 0 Å². The standard InChI is InChI=1S/C24H40O5/c1-16(25)28-14-20-23(6)12-8-18-21(3,4)10-7-11-22(18,5)19(23)9-13-24(20,27)15-29-17(2)26/h18-20,27H,7-15H2,1-6H3/t18-,19+,20+,22+,23-,24-/m1/s1. The van der Waals surface area contributed by atoms with Crippen LogP contribution in [0.5, 0.6) is 0 Å². The Morgan fingerprint density at radius 3 is 2.10 bits per heavy atom. The highest BCUT2D eigenvalue weighted by atomic mass is 16.5. The largest absolute Gasteiger partial charge is 0.465 e. The zero-order valence-electron chi connectivity index (χ0n) is 19.2. The minimum atomic E-state index is -1.15. The van der Waals surface area contributed by atoms with Gasteiger partial charge in [0.25, 0.3) is 0 Å². The summed E-state index contributed by atoms with van der Waals surface area (Å²) in [4.78, 5) is 23.1. The van der Waals surface area contributed by atoms with Crippen molar-refractivity contribution < 1.29 is 24.2 Å². The molecule has 0 bridgehead atoms. The molecule has 5 nitrogen and oxygen atoms in total. The molecule has 3 saturated carbocycles. The van der Waals surface area contributed by atoms with Crippen molar-refractivity contribution in [1.82, 2.24) is 0 Å². The van der Waals surface area contributed by atoms with Gasteiger partial charge in [-0.2, -0.15) is 0 Å². The number of ether oxygens (including phenoxy) is 2. The molecule has 166 valence electrons. The number of hydrogen-bond donors (Lipinski definition) is 1. The van der Waals surface area contributed by atoms with E-state index in [9.17, 15) is 14.7 Å². The van der Waals surface area contributed by atoms with E-state index in [0.29, 0.717) is 23.7 Å². The van der Waals surface area contributed by atoms with E-state index in [4.69, 9.17) is 9.47 Å². The number of esters is 2. The van der Waals surface area contributed by atoms with Gasteiger partial charge in [0.1, 0.15) is 12.2 Å². The van der Waals surface area contributed by atoms with Crippen LogP contribution >= 0.6 is 0 Å². The van der Waals surface area contributed by atoms with Crippen LogP contribution in [0.15, 0.2) is 0 Å². The van der Waals surface area contributed by atoms with Crippen LogP contribution in [0.25, 0.3) is 0 Å². The third-order valence-electron chi connectivity index (χ3n) is 9.13. The predicted molar refractivity (Wildman–Crippen MR) is 111 cm³/mol. The molecule has 29 heavy (non-hydrogen) atoms. The van der Waals surface area contributed by atoms with Crippen molar-refractivity contribution in [2.24, 2.45) is 34.0 Å². The second kappa shape index (κ2) is 7.55. The molecule has 6 atom stereocenters. The van der Waals surface area contributed by atoms with Crippen LogP contribution in [0, 0.1) is 34.0 Å². The van der Waals surface area contributed by atoms with Crippen LogP contribution in [-0.2, 0) is 19.1 Å². The Balaban J connectivity index is 1.96. The van der Waals surface area contributed by atoms with Crippen LogP contribution in [0.3, 0.4) is 0 Å². The zero-order valence-corrected chi connectivity index (χ0v) is 19.2. The molecule has 0 spiro atoms. The Morgan fingerprint density at radius 1 is 0.862 bits per heavy atom. The highest BCUT2D eigenvalue weighted by molar-refractivity contribution is 5.66. The van der Waals surface area contributed by atoms with Crippen molar-refractivity contribution in [1.29, 1.82) is 0 Å². The first kappa shape index (κ1) is 22.6. The number of aliphatic hydroxyl groups is 1. The number of carbonyl (C=O) groups excluding carboxylic acids is 2. The molecule has 1 N–H and O–H groups in total. The predicted octanol–water partition coefficient (Wildman–Crippen LogP) is 4.50. The Kier molecular flexibility index (Phi) is 5.88. The van der Waals surface area contributed by atoms with Gasteiger partial charge in [-0.3, -0.25) is 9.59 Å². The first-order valence-electron chi connectivity index (χ1n) is 11.3. The highest BCUT2D eigenvalue weighted by Crippen LogP contribution is 2.69. The lowest BCUT2D eigenvalue weighted by Gasteiger charge is -2.67. The van der Waals surface area contributed by atoms with Gasteiger partial charge in [-0.15, -0.1) is 0 Å². The number of hydrogen-bond acceptors (Lipinski definition) is 5. The Bertz CT molecular complexity index is 658. The van der Waals surface area contributed by atoms with E-state index < -0.39 is 5.60 Å². The molecule has 0 aromatic carbocycles. The molecule has 3 aliphatic carbocycles. The molecule has 0 radical (unpaired) electrons. The molecule has 3 aliphatic rings. The monoisotopic (exact) mass is 408 g/mol. The summed E-state index contributed by atoms with van der Waals surface area (Å²) in [5, 5.41) is 11.6. The fraction of sp³-hybridized carbons (Fsp3) is 0.917. The van der Waals surface area contributed by atoms with Gasteiger partial charge >= 0.3 is 11.9 Å². The molecular formula is C24H40O5. The third-order valence-corrected chi connectivity index (χ3v) is 9.13. The smallest absolute Gasteiger partial charge is 0.302 e. The molecule has 0 heterocycles. The van der Waals surface area contributed by atoms with Crippen LogP contribution in [0.2, 0.25) is 0 Å². The van der Waals surface area contributed by atoms with E-state index in [2.05, 4.69) is 27.7 Å². The quantitative estimate of drug-likeness (QED) is 0.693. The molecule has 0 saturated heterocycles. The van der Waals surface area contributed by atoms with Crippen LogP contribution < -0.4 is 0 Å². The molecule has 0 amide bonds. The van der Waals surface area contributed by atoms with Gasteiger partial charge in [-0.05, 0) is 66.6 Å². The van der Waals surface area contributed by atoms with E-state index >= 15 is 0 Å². The lowest BCUT2D eigenvalue weighted by Crippen LogP contribution is -2.65. The Labute approximate surface area is 175 Å². The Morgan fingerprint density at radius 2 is 1.48 bits per heavy atom. The highest BCUT2D eigenvalue weighted by Gasteiger charge is 2.65. The van der Waals surface area contributed by atoms with E-state index in [1.807, 2.05) is 0 Å². The van der Waals surface area contributed by atoms with Crippen molar-refractivity contribution >= 4 is 11.9 Å². The lowest BCUT2D eigenvalue weighted by molar-refractivity contribution is -0.235. The molecular weight excluding hydrogens is 368 g/mol. The van der Waals surface area contributed by atoms with E-state index in [0.717, 1.165) is 19.3 Å². The van der Waals surface area contributed by atoms with Gasteiger partial charge in [0, 0.05) is 19.8 Å². The summed E-state index contributed by atoms with van der Waals surface area (Å²) in [5.41, 5.74) is -0.738. The summed E-state index contributed by atoms with van der Waals surface area (Å²) >= 11 is 0. The van der Waals surface area contributed by atoms with Gasteiger partial charge in [-0.1, -0.05) is 34.1 Å². The number of carbonyl (C=O) groups is 2. The maximum absolute atomic E-state index is 11.6. The Hall–Kier alpha value is -1.10. The molecule has 0 unspecified atom stereocenters. The van der Waals surface area contributed by atoms with Crippen LogP contribution in [0.1, 0.15) is 86.5 Å². The first-order chi connectivity index (χ1) is 13.4. The van der Waals surface area contributed by atoms with Crippen LogP contribution in [0.4, 0.5) is 0 Å². The first-order valence-corrected chi connectivity index (χ1v) is 11.3. The molecule has 0 aromatic rings. The van der Waals surface area contributed by atoms with E-state index in [1.165, 1.54) is 33.1 Å². The third kappa shape index (κ3) is 3.84. The lowest BCUT2D eigenvalue weighted by atomic mass is 9.38. The van der Waals surface area contributed by atoms with Crippen LogP contribution in [-0.4, -0.2) is 35.9 Å². The van der Waals surface area contributed by atoms with Gasteiger partial charge in [-0.25, -0.2) is 0 Å². The molecule has 0 aliphatic heterocycles. The second-order valence-corrected chi connectivity index (χ2v) is 11.3. The van der Waals surface area contributed by atoms with Crippen molar-refractivity contribution in [3.8, 4) is 0 Å². The average molecular weight is 409 g/mol. The van der Waals surface area contributed by atoms with E-state index in [1.54, 1.807) is 0 Å². The second-order valence-electron chi connectivity index (χ2n) is 11.3. The van der Waals surface area contributed by atoms with Crippen molar-refractivity contribution in [3.63, 3.8) is 0 Å². The minimum Gasteiger partial charge on any atom is -0.465 e. The topological polar surface area (TPSA) is 72.8 Å². The summed E-state index contributed by atoms with van der Waals surface area (Å²) < 4.78 is 10.7. The summed E-state index contributed by atoms with van der Waals surface area (Å²) in [5.74, 6) is 0.188. The van der Waals surface area contributed by atoms with Gasteiger partial charge in [0.05, 0.1) is 6.61 Å². The van der Waals surface area contributed by atoms with Gasteiger partial charge < -0.3 is 14.6 Å². The minimum absolute atomic E-state index is 0.0256. The number of fused-ring (bicyclic) bond motifs is 3. The maximum Gasteiger partial charge on any atom is 0.302 e. The van der Waals surface area contributed by atoms with Gasteiger partial charge in [0.2, 0.25) is 0 Å². The van der Waals surface area contributed by atoms with Crippen molar-refractivity contribution in [2.75, 3.05) is 13.2 Å². The average Bonchev–Trinajstić information content (AvgIpc) is 2.58. The summed E-state index contributed by atoms with van der Waals surface area (Å²) in [6.07, 6.45) is 7.41. The molecule has 5 heteroatoms. The van der Waals surface area contributed by atoms with E-state index in [-0.39, 0.29) is 41.9 Å². The zero-order chi connectivity index (χ0) is 21.7. The van der Waals surface area contributed by atoms with Crippen molar-refractivity contribution in [3.05, 3.63) is 0 Å². The molecule has 0 aromatic heterocycles. The fourth-order valence-electron chi connectivity index (χ4n) is 7.89. The molecule has 3 rings (SSSR count). The maximum atomic E-state index is 11.6. The number of rotatable bonds is 4. The fourth-order valence-corrected chi connectivity index (χ4v) is 7.89. The molecule has 3 fully saturated rings. The normalized spacial score (nSPS) is 43.6. The summed E-state index contributed by atoms with van der Waals surface area (Å²) in [6.45, 7) is 12.5. The van der Waals surface area contributed by atoms with Crippen molar-refractivity contribution in [2.45, 2.75) is 92.1 Å².